The van der Waals surface area contributed by atoms with Crippen molar-refractivity contribution in [3.8, 4) is 0 Å². The van der Waals surface area contributed by atoms with Gasteiger partial charge in [0.2, 0.25) is 0 Å². The zero-order valence-corrected chi connectivity index (χ0v) is 12.2. The van der Waals surface area contributed by atoms with E-state index in [1.807, 2.05) is 0 Å². The van der Waals surface area contributed by atoms with Crippen molar-refractivity contribution in [2.24, 2.45) is 0 Å². The molecule has 0 atom stereocenters. The first-order valence-corrected chi connectivity index (χ1v) is 7.32. The predicted molar refractivity (Wildman–Crippen MR) is 71.9 cm³/mol. The van der Waals surface area contributed by atoms with Gasteiger partial charge in [0.05, 0.1) is 11.3 Å². The molecule has 0 saturated heterocycles. The molecule has 6 nitrogen and oxygen atoms in total. The molecule has 0 radical (unpaired) electrons. The number of nitrogens with one attached hydrogen (secondary N) is 2. The van der Waals surface area contributed by atoms with Crippen LogP contribution in [0.15, 0.2) is 22.7 Å². The van der Waals surface area contributed by atoms with Gasteiger partial charge in [0.1, 0.15) is 0 Å². The largest absolute Gasteiger partial charge is 0.478 e. The van der Waals surface area contributed by atoms with Crippen LogP contribution in [0.5, 0.6) is 0 Å². The lowest BCUT2D eigenvalue weighted by Gasteiger charge is -2.13. The van der Waals surface area contributed by atoms with Gasteiger partial charge in [-0.2, -0.15) is 13.1 Å². The Balaban J connectivity index is 3.04. The maximum atomic E-state index is 11.7. The highest BCUT2D eigenvalue weighted by atomic mass is 79.9. The molecule has 1 aromatic rings. The first-order valence-electron chi connectivity index (χ1n) is 5.04. The van der Waals surface area contributed by atoms with E-state index in [0.717, 1.165) is 0 Å². The van der Waals surface area contributed by atoms with E-state index >= 15 is 0 Å². The first-order chi connectivity index (χ1) is 8.21. The van der Waals surface area contributed by atoms with Crippen molar-refractivity contribution in [1.29, 1.82) is 0 Å². The molecule has 1 aromatic carbocycles. The lowest BCUT2D eigenvalue weighted by Crippen LogP contribution is -2.35. The Hall–Kier alpha value is -1.12. The van der Waals surface area contributed by atoms with Crippen LogP contribution in [0.4, 0.5) is 5.69 Å². The molecule has 0 bridgehead atoms. The fourth-order valence-electron chi connectivity index (χ4n) is 1.22. The van der Waals surface area contributed by atoms with Crippen LogP contribution in [-0.4, -0.2) is 25.5 Å². The van der Waals surface area contributed by atoms with Gasteiger partial charge in [0.25, 0.3) is 10.2 Å². The quantitative estimate of drug-likeness (QED) is 0.763. The number of hydrogen-bond donors (Lipinski definition) is 3. The topological polar surface area (TPSA) is 95.5 Å². The van der Waals surface area contributed by atoms with Gasteiger partial charge >= 0.3 is 5.97 Å². The van der Waals surface area contributed by atoms with E-state index in [2.05, 4.69) is 25.4 Å². The Morgan fingerprint density at radius 1 is 1.39 bits per heavy atom. The number of benzene rings is 1. The lowest BCUT2D eigenvalue weighted by atomic mass is 10.2. The monoisotopic (exact) mass is 336 g/mol. The van der Waals surface area contributed by atoms with Crippen LogP contribution in [-0.2, 0) is 10.2 Å². The van der Waals surface area contributed by atoms with Gasteiger partial charge in [-0.25, -0.2) is 4.79 Å². The molecule has 0 aliphatic heterocycles. The van der Waals surface area contributed by atoms with Crippen molar-refractivity contribution >= 4 is 37.8 Å². The molecule has 100 valence electrons. The van der Waals surface area contributed by atoms with Crippen molar-refractivity contribution < 1.29 is 18.3 Å². The molecule has 0 unspecified atom stereocenters. The second-order valence-electron chi connectivity index (χ2n) is 3.88. The molecular formula is C10H13BrN2O4S. The predicted octanol–water partition coefficient (Wildman–Crippen LogP) is 1.80. The minimum absolute atomic E-state index is 0.000414. The highest BCUT2D eigenvalue weighted by molar-refractivity contribution is 9.10. The molecule has 0 aliphatic rings. The van der Waals surface area contributed by atoms with Crippen molar-refractivity contribution in [3.63, 3.8) is 0 Å². The van der Waals surface area contributed by atoms with E-state index in [9.17, 15) is 13.2 Å². The number of hydrogen-bond acceptors (Lipinski definition) is 3. The van der Waals surface area contributed by atoms with Crippen LogP contribution >= 0.6 is 15.9 Å². The second-order valence-corrected chi connectivity index (χ2v) is 6.18. The van der Waals surface area contributed by atoms with Crippen molar-refractivity contribution in [2.75, 3.05) is 4.72 Å². The van der Waals surface area contributed by atoms with Gasteiger partial charge in [-0.05, 0) is 48.0 Å². The number of anilines is 1. The van der Waals surface area contributed by atoms with Crippen LogP contribution in [0.3, 0.4) is 0 Å². The molecule has 18 heavy (non-hydrogen) atoms. The minimum atomic E-state index is -3.72. The van der Waals surface area contributed by atoms with E-state index in [-0.39, 0.29) is 17.3 Å². The number of halogens is 1. The third-order valence-electron chi connectivity index (χ3n) is 1.85. The van der Waals surface area contributed by atoms with Crippen molar-refractivity contribution in [1.82, 2.24) is 4.72 Å². The molecule has 0 spiro atoms. The summed E-state index contributed by atoms with van der Waals surface area (Å²) in [5, 5.41) is 8.84. The van der Waals surface area contributed by atoms with E-state index in [1.54, 1.807) is 13.8 Å². The molecule has 0 fully saturated rings. The maximum Gasteiger partial charge on any atom is 0.335 e. The number of carboxylic acids is 1. The highest BCUT2D eigenvalue weighted by Crippen LogP contribution is 2.24. The summed E-state index contributed by atoms with van der Waals surface area (Å²) >= 11 is 3.15. The third kappa shape index (κ3) is 4.28. The minimum Gasteiger partial charge on any atom is -0.478 e. The third-order valence-corrected chi connectivity index (χ3v) is 3.81. The highest BCUT2D eigenvalue weighted by Gasteiger charge is 2.14. The number of carboxylic acid groups (broad SMARTS) is 1. The molecule has 0 heterocycles. The number of carbonyl (C=O) groups is 1. The van der Waals surface area contributed by atoms with Gasteiger partial charge in [0.15, 0.2) is 0 Å². The Labute approximate surface area is 114 Å². The molecule has 0 aliphatic carbocycles. The summed E-state index contributed by atoms with van der Waals surface area (Å²) in [5.74, 6) is -1.13. The number of rotatable bonds is 5. The zero-order chi connectivity index (χ0) is 13.9. The van der Waals surface area contributed by atoms with E-state index in [0.29, 0.717) is 4.47 Å². The van der Waals surface area contributed by atoms with E-state index in [1.165, 1.54) is 18.2 Å². The summed E-state index contributed by atoms with van der Waals surface area (Å²) in [4.78, 5) is 10.8. The fraction of sp³-hybridized carbons (Fsp3) is 0.300. The molecule has 0 saturated carbocycles. The van der Waals surface area contributed by atoms with Gasteiger partial charge in [-0.3, -0.25) is 4.72 Å². The van der Waals surface area contributed by atoms with Gasteiger partial charge in [-0.1, -0.05) is 0 Å². The fourth-order valence-corrected chi connectivity index (χ4v) is 2.84. The SMILES string of the molecule is CC(C)NS(=O)(=O)Nc1cc(C(=O)O)ccc1Br. The summed E-state index contributed by atoms with van der Waals surface area (Å²) in [6, 6.07) is 3.83. The Bertz CT molecular complexity index is 557. The standard InChI is InChI=1S/C10H13BrN2O4S/c1-6(2)12-18(16,17)13-9-5-7(10(14)15)3-4-8(9)11/h3-6,12-13H,1-2H3,(H,14,15). The summed E-state index contributed by atoms with van der Waals surface area (Å²) in [7, 11) is -3.72. The van der Waals surface area contributed by atoms with Gasteiger partial charge in [-0.15, -0.1) is 0 Å². The molecular weight excluding hydrogens is 324 g/mol. The number of aromatic carboxylic acids is 1. The summed E-state index contributed by atoms with van der Waals surface area (Å²) in [6.45, 7) is 3.36. The lowest BCUT2D eigenvalue weighted by molar-refractivity contribution is 0.0697. The second kappa shape index (κ2) is 5.68. The van der Waals surface area contributed by atoms with Crippen LogP contribution in [0.1, 0.15) is 24.2 Å². The zero-order valence-electron chi connectivity index (χ0n) is 9.77. The van der Waals surface area contributed by atoms with Crippen LogP contribution in [0.2, 0.25) is 0 Å². The van der Waals surface area contributed by atoms with Crippen LogP contribution in [0.25, 0.3) is 0 Å². The van der Waals surface area contributed by atoms with Gasteiger partial charge < -0.3 is 5.11 Å². The summed E-state index contributed by atoms with van der Waals surface area (Å²) < 4.78 is 28.4. The van der Waals surface area contributed by atoms with Crippen molar-refractivity contribution in [3.05, 3.63) is 28.2 Å². The normalized spacial score (nSPS) is 11.6. The van der Waals surface area contributed by atoms with E-state index < -0.39 is 16.2 Å². The average Bonchev–Trinajstić information content (AvgIpc) is 2.18. The molecule has 1 rings (SSSR count). The first kappa shape index (κ1) is 14.9. The maximum absolute atomic E-state index is 11.7. The van der Waals surface area contributed by atoms with Crippen LogP contribution < -0.4 is 9.44 Å². The van der Waals surface area contributed by atoms with Crippen molar-refractivity contribution in [2.45, 2.75) is 19.9 Å². The molecule has 0 amide bonds. The van der Waals surface area contributed by atoms with Gasteiger partial charge in [0, 0.05) is 10.5 Å². The molecule has 8 heteroatoms. The Kier molecular flexibility index (Phi) is 4.71. The summed E-state index contributed by atoms with van der Waals surface area (Å²) in [6.07, 6.45) is 0. The average molecular weight is 337 g/mol. The molecule has 0 aromatic heterocycles. The Morgan fingerprint density at radius 2 is 2.00 bits per heavy atom. The molecule has 3 N–H and O–H groups in total. The Morgan fingerprint density at radius 3 is 2.50 bits per heavy atom. The summed E-state index contributed by atoms with van der Waals surface area (Å²) in [5.41, 5.74) is 0.170. The van der Waals surface area contributed by atoms with E-state index in [4.69, 9.17) is 5.11 Å². The smallest absolute Gasteiger partial charge is 0.335 e. The van der Waals surface area contributed by atoms with Crippen LogP contribution in [0, 0.1) is 0 Å².